The standard InChI is InChI=1S/C8H15N2O3P/c1-6(2)14(11,12-3)10-8-5-13-4-7(8)9/h4-6H,9H2,1-3H3,(H,10,11). The van der Waals surface area contributed by atoms with Gasteiger partial charge in [-0.2, -0.15) is 0 Å². The summed E-state index contributed by atoms with van der Waals surface area (Å²) in [7, 11) is -1.47. The van der Waals surface area contributed by atoms with Crippen LogP contribution in [0.15, 0.2) is 16.9 Å². The van der Waals surface area contributed by atoms with Gasteiger partial charge in [0, 0.05) is 12.8 Å². The SMILES string of the molecule is COP(=O)(Nc1cocc1N)C(C)C. The average Bonchev–Trinajstić information content (AvgIpc) is 2.51. The molecule has 1 rings (SSSR count). The number of nitrogens with one attached hydrogen (secondary N) is 1. The molecule has 80 valence electrons. The van der Waals surface area contributed by atoms with Crippen LogP contribution in [0.5, 0.6) is 0 Å². The van der Waals surface area contributed by atoms with Crippen LogP contribution in [0.3, 0.4) is 0 Å². The summed E-state index contributed by atoms with van der Waals surface area (Å²) in [6, 6.07) is 0. The molecule has 1 unspecified atom stereocenters. The van der Waals surface area contributed by atoms with Crippen LogP contribution in [0.1, 0.15) is 13.8 Å². The second-order valence-corrected chi connectivity index (χ2v) is 6.04. The minimum atomic E-state index is -2.88. The van der Waals surface area contributed by atoms with Crippen LogP contribution >= 0.6 is 7.52 Å². The smallest absolute Gasteiger partial charge is 0.296 e. The van der Waals surface area contributed by atoms with Gasteiger partial charge in [0.25, 0.3) is 7.52 Å². The maximum atomic E-state index is 12.1. The number of anilines is 2. The molecule has 0 bridgehead atoms. The lowest BCUT2D eigenvalue weighted by molar-refractivity contribution is 0.391. The Morgan fingerprint density at radius 1 is 1.57 bits per heavy atom. The summed E-state index contributed by atoms with van der Waals surface area (Å²) in [4.78, 5) is 0. The predicted molar refractivity (Wildman–Crippen MR) is 56.5 cm³/mol. The fraction of sp³-hybridized carbons (Fsp3) is 0.500. The van der Waals surface area contributed by atoms with Crippen molar-refractivity contribution in [3.05, 3.63) is 12.5 Å². The number of hydrogen-bond acceptors (Lipinski definition) is 4. The summed E-state index contributed by atoms with van der Waals surface area (Å²) in [5.41, 5.74) is 6.37. The van der Waals surface area contributed by atoms with Crippen molar-refractivity contribution in [1.82, 2.24) is 0 Å². The molecule has 1 heterocycles. The zero-order valence-electron chi connectivity index (χ0n) is 8.48. The van der Waals surface area contributed by atoms with Crippen molar-refractivity contribution in [2.75, 3.05) is 17.9 Å². The highest BCUT2D eigenvalue weighted by atomic mass is 31.2. The van der Waals surface area contributed by atoms with Gasteiger partial charge in [-0.05, 0) is 0 Å². The van der Waals surface area contributed by atoms with E-state index in [1.54, 1.807) is 0 Å². The van der Waals surface area contributed by atoms with E-state index in [0.29, 0.717) is 11.4 Å². The van der Waals surface area contributed by atoms with Gasteiger partial charge in [0.05, 0.1) is 5.69 Å². The lowest BCUT2D eigenvalue weighted by Crippen LogP contribution is -2.09. The third-order valence-corrected chi connectivity index (χ3v) is 4.37. The minimum Gasteiger partial charge on any atom is -0.468 e. The molecule has 5 nitrogen and oxygen atoms in total. The van der Waals surface area contributed by atoms with Crippen molar-refractivity contribution in [3.8, 4) is 0 Å². The number of furan rings is 1. The van der Waals surface area contributed by atoms with Gasteiger partial charge >= 0.3 is 0 Å². The lowest BCUT2D eigenvalue weighted by Gasteiger charge is -2.21. The molecule has 0 amide bonds. The molecule has 0 aliphatic heterocycles. The molecule has 0 aliphatic rings. The highest BCUT2D eigenvalue weighted by Crippen LogP contribution is 2.51. The van der Waals surface area contributed by atoms with Crippen LogP contribution in [-0.2, 0) is 9.09 Å². The normalized spacial score (nSPS) is 15.4. The largest absolute Gasteiger partial charge is 0.468 e. The number of rotatable bonds is 4. The molecule has 1 atom stereocenters. The Balaban J connectivity index is 2.86. The van der Waals surface area contributed by atoms with E-state index in [1.807, 2.05) is 13.8 Å². The molecule has 14 heavy (non-hydrogen) atoms. The van der Waals surface area contributed by atoms with Crippen LogP contribution in [-0.4, -0.2) is 12.8 Å². The van der Waals surface area contributed by atoms with E-state index in [4.69, 9.17) is 14.7 Å². The van der Waals surface area contributed by atoms with Crippen molar-refractivity contribution in [2.24, 2.45) is 0 Å². The molecule has 0 aromatic carbocycles. The molecule has 3 N–H and O–H groups in total. The second kappa shape index (κ2) is 4.07. The first-order chi connectivity index (χ1) is 6.49. The molecular weight excluding hydrogens is 203 g/mol. The highest BCUT2D eigenvalue weighted by molar-refractivity contribution is 7.61. The summed E-state index contributed by atoms with van der Waals surface area (Å²) in [5, 5.41) is 2.77. The van der Waals surface area contributed by atoms with Crippen molar-refractivity contribution in [1.29, 1.82) is 0 Å². The topological polar surface area (TPSA) is 77.5 Å². The quantitative estimate of drug-likeness (QED) is 0.759. The van der Waals surface area contributed by atoms with Gasteiger partial charge in [-0.3, -0.25) is 4.57 Å². The van der Waals surface area contributed by atoms with E-state index in [2.05, 4.69) is 5.09 Å². The number of nitrogens with two attached hydrogens (primary N) is 1. The van der Waals surface area contributed by atoms with Gasteiger partial charge in [-0.1, -0.05) is 13.8 Å². The Kier molecular flexibility index (Phi) is 3.24. The molecule has 0 saturated heterocycles. The highest BCUT2D eigenvalue weighted by Gasteiger charge is 2.27. The molecule has 1 aromatic heterocycles. The van der Waals surface area contributed by atoms with Crippen molar-refractivity contribution >= 4 is 18.9 Å². The van der Waals surface area contributed by atoms with Crippen molar-refractivity contribution in [3.63, 3.8) is 0 Å². The molecule has 6 heteroatoms. The molecule has 0 saturated carbocycles. The summed E-state index contributed by atoms with van der Waals surface area (Å²) in [5.74, 6) is 0. The zero-order valence-corrected chi connectivity index (χ0v) is 9.38. The van der Waals surface area contributed by atoms with E-state index >= 15 is 0 Å². The maximum Gasteiger partial charge on any atom is 0.296 e. The lowest BCUT2D eigenvalue weighted by atomic mass is 10.5. The molecule has 0 fully saturated rings. The minimum absolute atomic E-state index is 0.123. The monoisotopic (exact) mass is 218 g/mol. The van der Waals surface area contributed by atoms with Crippen LogP contribution < -0.4 is 10.8 Å². The average molecular weight is 218 g/mol. The fourth-order valence-corrected chi connectivity index (χ4v) is 2.24. The first kappa shape index (κ1) is 11.1. The van der Waals surface area contributed by atoms with E-state index in [9.17, 15) is 4.57 Å². The first-order valence-electron chi connectivity index (χ1n) is 4.25. The molecule has 1 aromatic rings. The Labute approximate surface area is 83.1 Å². The third-order valence-electron chi connectivity index (χ3n) is 1.92. The Morgan fingerprint density at radius 2 is 2.21 bits per heavy atom. The first-order valence-corrected chi connectivity index (χ1v) is 5.94. The number of nitrogen functional groups attached to an aromatic ring is 1. The summed E-state index contributed by atoms with van der Waals surface area (Å²) >= 11 is 0. The zero-order chi connectivity index (χ0) is 10.8. The Bertz CT molecular complexity index is 348. The van der Waals surface area contributed by atoms with Gasteiger partial charge in [-0.25, -0.2) is 0 Å². The van der Waals surface area contributed by atoms with Crippen LogP contribution in [0.4, 0.5) is 11.4 Å². The van der Waals surface area contributed by atoms with Gasteiger partial charge in [0.1, 0.15) is 18.2 Å². The van der Waals surface area contributed by atoms with E-state index in [-0.39, 0.29) is 5.66 Å². The van der Waals surface area contributed by atoms with Crippen LogP contribution in [0.2, 0.25) is 0 Å². The third kappa shape index (κ3) is 2.11. The van der Waals surface area contributed by atoms with Crippen molar-refractivity contribution in [2.45, 2.75) is 19.5 Å². The second-order valence-electron chi connectivity index (χ2n) is 3.23. The summed E-state index contributed by atoms with van der Waals surface area (Å²) in [6.45, 7) is 3.63. The summed E-state index contributed by atoms with van der Waals surface area (Å²) in [6.07, 6.45) is 2.78. The van der Waals surface area contributed by atoms with Gasteiger partial charge in [0.15, 0.2) is 0 Å². The molecule has 0 radical (unpaired) electrons. The Hall–Kier alpha value is -0.930. The maximum absolute atomic E-state index is 12.1. The summed E-state index contributed by atoms with van der Waals surface area (Å²) < 4.78 is 21.9. The van der Waals surface area contributed by atoms with E-state index in [0.717, 1.165) is 0 Å². The number of hydrogen-bond donors (Lipinski definition) is 2. The van der Waals surface area contributed by atoms with E-state index in [1.165, 1.54) is 19.6 Å². The molecule has 0 aliphatic carbocycles. The molecule has 0 spiro atoms. The molecular formula is C8H15N2O3P. The Morgan fingerprint density at radius 3 is 2.57 bits per heavy atom. The van der Waals surface area contributed by atoms with Gasteiger partial charge in [-0.15, -0.1) is 0 Å². The predicted octanol–water partition coefficient (Wildman–Crippen LogP) is 2.52. The van der Waals surface area contributed by atoms with Crippen molar-refractivity contribution < 1.29 is 13.5 Å². The van der Waals surface area contributed by atoms with E-state index < -0.39 is 7.52 Å². The van der Waals surface area contributed by atoms with Crippen LogP contribution in [0.25, 0.3) is 0 Å². The van der Waals surface area contributed by atoms with Gasteiger partial charge in [0.2, 0.25) is 0 Å². The van der Waals surface area contributed by atoms with Crippen LogP contribution in [0, 0.1) is 0 Å². The fourth-order valence-electron chi connectivity index (χ4n) is 0.951. The van der Waals surface area contributed by atoms with Gasteiger partial charge < -0.3 is 19.8 Å².